The van der Waals surface area contributed by atoms with Gasteiger partial charge in [-0.15, -0.1) is 0 Å². The maximum absolute atomic E-state index is 11.6. The number of hydrogen-bond donors (Lipinski definition) is 3. The second kappa shape index (κ2) is 9.41. The van der Waals surface area contributed by atoms with E-state index in [1.54, 1.807) is 30.3 Å². The number of carboxylic acids is 1. The fourth-order valence-electron chi connectivity index (χ4n) is 3.48. The minimum absolute atomic E-state index is 0. The first-order valence-electron chi connectivity index (χ1n) is 8.20. The summed E-state index contributed by atoms with van der Waals surface area (Å²) in [7, 11) is -3.29. The van der Waals surface area contributed by atoms with Crippen LogP contribution in [0.3, 0.4) is 0 Å². The highest BCUT2D eigenvalue weighted by atomic mass is 32.3. The summed E-state index contributed by atoms with van der Waals surface area (Å²) in [5.74, 6) is 0.314. The molecule has 0 radical (unpaired) electrons. The summed E-state index contributed by atoms with van der Waals surface area (Å²) in [5.41, 5.74) is 0.638. The Bertz CT molecular complexity index is 746. The molecule has 154 valence electrons. The first kappa shape index (κ1) is 25.2. The van der Waals surface area contributed by atoms with Crippen molar-refractivity contribution in [1.29, 1.82) is 0 Å². The minimum atomic E-state index is -4.16. The molecule has 9 heteroatoms. The summed E-state index contributed by atoms with van der Waals surface area (Å²) in [6.45, 7) is 6.67. The second-order valence-electron chi connectivity index (χ2n) is 7.18. The topological polar surface area (TPSA) is 153 Å². The Balaban J connectivity index is 0.000000387. The maximum Gasteiger partial charge on any atom is 0.397 e. The van der Waals surface area contributed by atoms with E-state index in [1.807, 2.05) is 0 Å². The van der Waals surface area contributed by atoms with Crippen LogP contribution in [0.5, 0.6) is 0 Å². The minimum Gasteiger partial charge on any atom is -0.478 e. The highest BCUT2D eigenvalue weighted by molar-refractivity contribution is 7.80. The van der Waals surface area contributed by atoms with Crippen molar-refractivity contribution in [3.8, 4) is 0 Å². The van der Waals surface area contributed by atoms with E-state index < -0.39 is 16.4 Å². The Kier molecular flexibility index (Phi) is 8.78. The number of carboxylic acid groups (broad SMARTS) is 1. The van der Waals surface area contributed by atoms with Crippen LogP contribution in [-0.4, -0.2) is 36.9 Å². The summed E-state index contributed by atoms with van der Waals surface area (Å²) in [6, 6.07) is 8.30. The van der Waals surface area contributed by atoms with Gasteiger partial charge in [0.2, 0.25) is 0 Å². The van der Waals surface area contributed by atoms with Crippen molar-refractivity contribution in [3.63, 3.8) is 0 Å². The number of ketones is 1. The number of hydrogen-bond acceptors (Lipinski definition) is 6. The number of carbonyl (C=O) groups is 2. The molecule has 1 aromatic rings. The van der Waals surface area contributed by atoms with Crippen LogP contribution in [0.2, 0.25) is 0 Å². The van der Waals surface area contributed by atoms with Crippen molar-refractivity contribution in [2.75, 3.05) is 7.11 Å². The molecule has 2 aliphatic carbocycles. The van der Waals surface area contributed by atoms with E-state index in [2.05, 4.69) is 25.0 Å². The van der Waals surface area contributed by atoms with E-state index in [9.17, 15) is 18.0 Å². The Morgan fingerprint density at radius 1 is 1.19 bits per heavy atom. The summed E-state index contributed by atoms with van der Waals surface area (Å²) in [6.07, 6.45) is 3.25. The third-order valence-corrected chi connectivity index (χ3v) is 6.14. The van der Waals surface area contributed by atoms with Crippen molar-refractivity contribution < 1.29 is 31.8 Å². The molecule has 2 unspecified atom stereocenters. The molecular weight excluding hydrogens is 374 g/mol. The highest BCUT2D eigenvalue weighted by Gasteiger charge is 2.61. The van der Waals surface area contributed by atoms with Crippen molar-refractivity contribution in [2.45, 2.75) is 40.0 Å². The molecule has 5 N–H and O–H groups in total. The summed E-state index contributed by atoms with van der Waals surface area (Å²) < 4.78 is 29.7. The van der Waals surface area contributed by atoms with E-state index in [-0.39, 0.29) is 17.0 Å². The second-order valence-corrected chi connectivity index (χ2v) is 8.37. The molecule has 0 heterocycles. The van der Waals surface area contributed by atoms with Crippen molar-refractivity contribution in [2.24, 2.45) is 16.7 Å². The van der Waals surface area contributed by atoms with Gasteiger partial charge in [-0.1, -0.05) is 39.0 Å². The van der Waals surface area contributed by atoms with Crippen LogP contribution in [0.4, 0.5) is 0 Å². The van der Waals surface area contributed by atoms with Crippen LogP contribution in [0.1, 0.15) is 50.4 Å². The molecular formula is C18H29NO7S. The molecule has 0 spiro atoms. The van der Waals surface area contributed by atoms with Gasteiger partial charge in [-0.2, -0.15) is 8.42 Å². The lowest BCUT2D eigenvalue weighted by atomic mass is 9.70. The van der Waals surface area contributed by atoms with Crippen LogP contribution in [0.15, 0.2) is 30.3 Å². The Morgan fingerprint density at radius 2 is 1.67 bits per heavy atom. The number of benzene rings is 1. The molecule has 27 heavy (non-hydrogen) atoms. The fraction of sp³-hybridized carbons (Fsp3) is 0.556. The summed E-state index contributed by atoms with van der Waals surface area (Å²) in [5, 5.41) is 8.38. The van der Waals surface area contributed by atoms with Gasteiger partial charge < -0.3 is 11.3 Å². The predicted octanol–water partition coefficient (Wildman–Crippen LogP) is 3.38. The number of rotatable bonds is 2. The first-order chi connectivity index (χ1) is 11.8. The normalized spacial score (nSPS) is 24.6. The molecule has 3 rings (SSSR count). The third kappa shape index (κ3) is 6.10. The summed E-state index contributed by atoms with van der Waals surface area (Å²) in [4.78, 5) is 21.8. The van der Waals surface area contributed by atoms with Crippen molar-refractivity contribution in [3.05, 3.63) is 35.9 Å². The third-order valence-electron chi connectivity index (χ3n) is 5.71. The van der Waals surface area contributed by atoms with Gasteiger partial charge in [0.25, 0.3) is 0 Å². The first-order valence-corrected chi connectivity index (χ1v) is 9.56. The van der Waals surface area contributed by atoms with Gasteiger partial charge in [0.15, 0.2) is 0 Å². The SMILES string of the molecule is CC12CCC(CC1=O)C2(C)C.COS(=O)(=O)O.N.O=C(O)c1ccccc1. The molecule has 2 aliphatic rings. The number of carbonyl (C=O) groups excluding carboxylic acids is 1. The zero-order valence-electron chi connectivity index (χ0n) is 16.1. The lowest BCUT2D eigenvalue weighted by molar-refractivity contribution is -0.128. The average Bonchev–Trinajstić information content (AvgIpc) is 2.89. The van der Waals surface area contributed by atoms with Crippen LogP contribution in [0, 0.1) is 16.7 Å². The quantitative estimate of drug-likeness (QED) is 0.635. The van der Waals surface area contributed by atoms with E-state index in [1.165, 1.54) is 6.42 Å². The number of aromatic carboxylic acids is 1. The lowest BCUT2D eigenvalue weighted by Crippen LogP contribution is -2.32. The Morgan fingerprint density at radius 3 is 1.85 bits per heavy atom. The Labute approximate surface area is 160 Å². The smallest absolute Gasteiger partial charge is 0.397 e. The van der Waals surface area contributed by atoms with Crippen LogP contribution in [-0.2, 0) is 19.4 Å². The summed E-state index contributed by atoms with van der Waals surface area (Å²) >= 11 is 0. The lowest BCUT2D eigenvalue weighted by Gasteiger charge is -2.32. The molecule has 0 aromatic heterocycles. The van der Waals surface area contributed by atoms with Crippen LogP contribution >= 0.6 is 0 Å². The standard InChI is InChI=1S/C10H16O.C7H6O2.CH4O4S.H3N/c1-9(2)7-4-5-10(9,3)8(11)6-7;8-7(9)6-4-2-1-3-5-6;1-5-6(2,3)4;/h7H,4-6H2,1-3H3;1-5H,(H,8,9);1H3,(H,2,3,4);1H3. The average molecular weight is 403 g/mol. The molecule has 0 saturated heterocycles. The van der Waals surface area contributed by atoms with Crippen LogP contribution < -0.4 is 6.15 Å². The zero-order valence-corrected chi connectivity index (χ0v) is 17.0. The fourth-order valence-corrected chi connectivity index (χ4v) is 3.48. The maximum atomic E-state index is 11.6. The largest absolute Gasteiger partial charge is 0.478 e. The molecule has 2 saturated carbocycles. The highest BCUT2D eigenvalue weighted by Crippen LogP contribution is 2.63. The number of fused-ring (bicyclic) bond motifs is 2. The van der Waals surface area contributed by atoms with Gasteiger partial charge in [0.05, 0.1) is 12.7 Å². The molecule has 1 aromatic carbocycles. The van der Waals surface area contributed by atoms with E-state index in [4.69, 9.17) is 9.66 Å². The van der Waals surface area contributed by atoms with E-state index >= 15 is 0 Å². The van der Waals surface area contributed by atoms with Gasteiger partial charge >= 0.3 is 16.4 Å². The monoisotopic (exact) mass is 403 g/mol. The molecule has 8 nitrogen and oxygen atoms in total. The van der Waals surface area contributed by atoms with Gasteiger partial charge in [-0.25, -0.2) is 4.79 Å². The molecule has 0 amide bonds. The molecule has 0 aliphatic heterocycles. The molecule has 2 bridgehead atoms. The van der Waals surface area contributed by atoms with Crippen molar-refractivity contribution in [1.82, 2.24) is 6.15 Å². The predicted molar refractivity (Wildman–Crippen MR) is 101 cm³/mol. The molecule has 2 atom stereocenters. The van der Waals surface area contributed by atoms with Crippen LogP contribution in [0.25, 0.3) is 0 Å². The van der Waals surface area contributed by atoms with Gasteiger partial charge in [0.1, 0.15) is 5.78 Å². The zero-order chi connectivity index (χ0) is 20.2. The van der Waals surface area contributed by atoms with E-state index in [0.717, 1.165) is 20.0 Å². The van der Waals surface area contributed by atoms with Gasteiger partial charge in [0, 0.05) is 11.8 Å². The molecule has 2 fully saturated rings. The van der Waals surface area contributed by atoms with E-state index in [0.29, 0.717) is 17.3 Å². The van der Waals surface area contributed by atoms with Gasteiger partial charge in [-0.05, 0) is 36.3 Å². The van der Waals surface area contributed by atoms with Gasteiger partial charge in [-0.3, -0.25) is 13.5 Å². The number of Topliss-reactive ketones (excluding diaryl/α,β-unsaturated/α-hetero) is 1. The Hall–Kier alpha value is -1.81. The van der Waals surface area contributed by atoms with Crippen molar-refractivity contribution >= 4 is 22.2 Å².